The van der Waals surface area contributed by atoms with Gasteiger partial charge in [-0.1, -0.05) is 12.8 Å². The van der Waals surface area contributed by atoms with Crippen molar-refractivity contribution in [1.82, 2.24) is 10.6 Å². The molecule has 0 spiro atoms. The molecule has 2 fully saturated rings. The minimum absolute atomic E-state index is 0.0735. The van der Waals surface area contributed by atoms with Gasteiger partial charge in [0, 0.05) is 11.3 Å². The lowest BCUT2D eigenvalue weighted by Crippen LogP contribution is -2.49. The summed E-state index contributed by atoms with van der Waals surface area (Å²) in [4.78, 5) is 12.0. The van der Waals surface area contributed by atoms with Crippen LogP contribution in [0, 0.1) is 0 Å². The van der Waals surface area contributed by atoms with Crippen LogP contribution in [-0.2, 0) is 4.79 Å². The van der Waals surface area contributed by atoms with E-state index >= 15 is 0 Å². The second-order valence-electron chi connectivity index (χ2n) is 4.82. The molecule has 2 N–H and O–H groups in total. The van der Waals surface area contributed by atoms with Crippen molar-refractivity contribution in [2.45, 2.75) is 55.9 Å². The Morgan fingerprint density at radius 3 is 2.75 bits per heavy atom. The molecule has 2 rings (SSSR count). The lowest BCUT2D eigenvalue weighted by Gasteiger charge is -2.31. The topological polar surface area (TPSA) is 41.1 Å². The van der Waals surface area contributed by atoms with E-state index in [1.165, 1.54) is 19.3 Å². The number of thioether (sulfide) groups is 1. The highest BCUT2D eigenvalue weighted by Crippen LogP contribution is 2.27. The number of amides is 1. The number of carbonyl (C=O) groups excluding carboxylic acids is 1. The smallest absolute Gasteiger partial charge is 0.237 e. The highest BCUT2D eigenvalue weighted by molar-refractivity contribution is 7.99. The van der Waals surface area contributed by atoms with Crippen molar-refractivity contribution < 1.29 is 4.79 Å². The predicted octanol–water partition coefficient (Wildman–Crippen LogP) is 1.53. The fraction of sp³-hybridized carbons (Fsp3) is 0.917. The van der Waals surface area contributed by atoms with Crippen molar-refractivity contribution in [2.24, 2.45) is 0 Å². The second kappa shape index (κ2) is 5.92. The highest BCUT2D eigenvalue weighted by Gasteiger charge is 2.29. The van der Waals surface area contributed by atoms with Gasteiger partial charge in [0.25, 0.3) is 0 Å². The van der Waals surface area contributed by atoms with Gasteiger partial charge in [0.15, 0.2) is 0 Å². The minimum Gasteiger partial charge on any atom is -0.351 e. The van der Waals surface area contributed by atoms with E-state index in [0.29, 0.717) is 11.3 Å². The van der Waals surface area contributed by atoms with Crippen LogP contribution < -0.4 is 10.6 Å². The van der Waals surface area contributed by atoms with Gasteiger partial charge in [0.2, 0.25) is 5.91 Å². The molecule has 16 heavy (non-hydrogen) atoms. The molecule has 0 aromatic heterocycles. The number of hydrogen-bond acceptors (Lipinski definition) is 3. The molecule has 1 heterocycles. The predicted molar refractivity (Wildman–Crippen MR) is 68.7 cm³/mol. The van der Waals surface area contributed by atoms with Crippen LogP contribution in [0.3, 0.4) is 0 Å². The van der Waals surface area contributed by atoms with Crippen LogP contribution in [0.4, 0.5) is 0 Å². The van der Waals surface area contributed by atoms with E-state index in [9.17, 15) is 4.79 Å². The van der Waals surface area contributed by atoms with Gasteiger partial charge in [-0.2, -0.15) is 11.8 Å². The maximum absolute atomic E-state index is 12.0. The fourth-order valence-electron chi connectivity index (χ4n) is 2.74. The van der Waals surface area contributed by atoms with Gasteiger partial charge in [0.1, 0.15) is 0 Å². The molecule has 0 radical (unpaired) electrons. The molecular weight excluding hydrogens is 220 g/mol. The van der Waals surface area contributed by atoms with E-state index in [-0.39, 0.29) is 11.9 Å². The van der Waals surface area contributed by atoms with Gasteiger partial charge < -0.3 is 10.6 Å². The summed E-state index contributed by atoms with van der Waals surface area (Å²) >= 11 is 1.90. The second-order valence-corrected chi connectivity index (χ2v) is 5.90. The van der Waals surface area contributed by atoms with Gasteiger partial charge in [-0.3, -0.25) is 4.79 Å². The summed E-state index contributed by atoms with van der Waals surface area (Å²) in [7, 11) is 0. The van der Waals surface area contributed by atoms with E-state index in [1.807, 2.05) is 11.8 Å². The molecule has 0 aromatic rings. The van der Waals surface area contributed by atoms with E-state index < -0.39 is 0 Å². The molecule has 92 valence electrons. The molecule has 0 aromatic carbocycles. The standard InChI is InChI=1S/C12H22N2OS/c1-16-11-7-3-2-5-9(11)14-12(15)10-6-4-8-13-10/h9-11,13H,2-8H2,1H3,(H,14,15). The molecule has 1 saturated heterocycles. The van der Waals surface area contributed by atoms with Crippen LogP contribution in [0.15, 0.2) is 0 Å². The Balaban J connectivity index is 1.84. The summed E-state index contributed by atoms with van der Waals surface area (Å²) in [6.45, 7) is 0.995. The van der Waals surface area contributed by atoms with Crippen LogP contribution in [-0.4, -0.2) is 36.0 Å². The third kappa shape index (κ3) is 2.92. The zero-order valence-corrected chi connectivity index (χ0v) is 10.8. The maximum atomic E-state index is 12.0. The van der Waals surface area contributed by atoms with Gasteiger partial charge >= 0.3 is 0 Å². The molecule has 0 bridgehead atoms. The van der Waals surface area contributed by atoms with Crippen molar-refractivity contribution in [3.8, 4) is 0 Å². The summed E-state index contributed by atoms with van der Waals surface area (Å²) in [5.41, 5.74) is 0. The molecule has 3 nitrogen and oxygen atoms in total. The summed E-state index contributed by atoms with van der Waals surface area (Å²) in [5.74, 6) is 0.225. The molecular formula is C12H22N2OS. The first kappa shape index (κ1) is 12.2. The fourth-order valence-corrected chi connectivity index (χ4v) is 3.67. The van der Waals surface area contributed by atoms with Gasteiger partial charge in [-0.25, -0.2) is 0 Å². The Morgan fingerprint density at radius 1 is 1.25 bits per heavy atom. The van der Waals surface area contributed by atoms with Crippen LogP contribution in [0.2, 0.25) is 0 Å². The summed E-state index contributed by atoms with van der Waals surface area (Å²) in [6, 6.07) is 0.475. The average molecular weight is 242 g/mol. The zero-order chi connectivity index (χ0) is 11.4. The number of nitrogens with one attached hydrogen (secondary N) is 2. The first-order valence-electron chi connectivity index (χ1n) is 6.38. The van der Waals surface area contributed by atoms with Gasteiger partial charge in [-0.15, -0.1) is 0 Å². The van der Waals surface area contributed by atoms with Crippen molar-refractivity contribution in [3.63, 3.8) is 0 Å². The molecule has 1 aliphatic heterocycles. The Morgan fingerprint density at radius 2 is 2.06 bits per heavy atom. The van der Waals surface area contributed by atoms with Crippen molar-refractivity contribution >= 4 is 17.7 Å². The quantitative estimate of drug-likeness (QED) is 0.788. The average Bonchev–Trinajstić information content (AvgIpc) is 2.83. The summed E-state index contributed by atoms with van der Waals surface area (Å²) < 4.78 is 0. The molecule has 4 heteroatoms. The minimum atomic E-state index is 0.0735. The lowest BCUT2D eigenvalue weighted by atomic mass is 9.94. The largest absolute Gasteiger partial charge is 0.351 e. The number of rotatable bonds is 3. The molecule has 1 amide bonds. The first-order chi connectivity index (χ1) is 7.81. The van der Waals surface area contributed by atoms with Crippen LogP contribution in [0.25, 0.3) is 0 Å². The monoisotopic (exact) mass is 242 g/mol. The Hall–Kier alpha value is -0.220. The van der Waals surface area contributed by atoms with Crippen molar-refractivity contribution in [3.05, 3.63) is 0 Å². The third-order valence-electron chi connectivity index (χ3n) is 3.71. The van der Waals surface area contributed by atoms with Crippen LogP contribution in [0.5, 0.6) is 0 Å². The SMILES string of the molecule is CSC1CCCCC1NC(=O)C1CCCN1. The first-order valence-corrected chi connectivity index (χ1v) is 7.66. The lowest BCUT2D eigenvalue weighted by molar-refractivity contribution is -0.123. The number of hydrogen-bond donors (Lipinski definition) is 2. The van der Waals surface area contributed by atoms with E-state index in [2.05, 4.69) is 16.9 Å². The van der Waals surface area contributed by atoms with Crippen LogP contribution in [0.1, 0.15) is 38.5 Å². The number of carbonyl (C=O) groups is 1. The molecule has 1 saturated carbocycles. The van der Waals surface area contributed by atoms with E-state index in [1.54, 1.807) is 0 Å². The van der Waals surface area contributed by atoms with Gasteiger partial charge in [0.05, 0.1) is 6.04 Å². The summed E-state index contributed by atoms with van der Waals surface area (Å²) in [5, 5.41) is 7.12. The Bertz CT molecular complexity index is 241. The van der Waals surface area contributed by atoms with Gasteiger partial charge in [-0.05, 0) is 38.5 Å². The Kier molecular flexibility index (Phi) is 4.53. The third-order valence-corrected chi connectivity index (χ3v) is 4.88. The Labute approximate surface area is 102 Å². The normalized spacial score (nSPS) is 34.9. The van der Waals surface area contributed by atoms with E-state index in [0.717, 1.165) is 25.8 Å². The van der Waals surface area contributed by atoms with Crippen molar-refractivity contribution in [2.75, 3.05) is 12.8 Å². The molecule has 2 aliphatic rings. The molecule has 3 atom stereocenters. The van der Waals surface area contributed by atoms with Crippen LogP contribution >= 0.6 is 11.8 Å². The summed E-state index contributed by atoms with van der Waals surface area (Å²) in [6.07, 6.45) is 9.29. The van der Waals surface area contributed by atoms with Crippen molar-refractivity contribution in [1.29, 1.82) is 0 Å². The molecule has 3 unspecified atom stereocenters. The highest BCUT2D eigenvalue weighted by atomic mass is 32.2. The molecule has 1 aliphatic carbocycles. The maximum Gasteiger partial charge on any atom is 0.237 e. The van der Waals surface area contributed by atoms with E-state index in [4.69, 9.17) is 0 Å². The zero-order valence-electron chi connectivity index (χ0n) is 10.00.